The molecule has 1 aliphatic carbocycles. The van der Waals surface area contributed by atoms with E-state index in [0.29, 0.717) is 17.7 Å². The first-order valence-electron chi connectivity index (χ1n) is 10.0. The molecule has 0 aliphatic heterocycles. The van der Waals surface area contributed by atoms with Gasteiger partial charge in [0.1, 0.15) is 0 Å². The fraction of sp³-hybridized carbons (Fsp3) is 0.364. The minimum absolute atomic E-state index is 0.0397. The molecule has 4 rings (SSSR count). The molecule has 1 N–H and O–H groups in total. The van der Waals surface area contributed by atoms with Gasteiger partial charge >= 0.3 is 0 Å². The Bertz CT molecular complexity index is 967. The van der Waals surface area contributed by atoms with Gasteiger partial charge in [0, 0.05) is 29.7 Å². The lowest BCUT2D eigenvalue weighted by Gasteiger charge is -2.11. The highest BCUT2D eigenvalue weighted by Gasteiger charge is 2.30. The lowest BCUT2D eigenvalue weighted by molar-refractivity contribution is -0.113. The summed E-state index contributed by atoms with van der Waals surface area (Å²) >= 11 is 1.43. The van der Waals surface area contributed by atoms with Gasteiger partial charge in [0.25, 0.3) is 0 Å². The Morgan fingerprint density at radius 3 is 2.55 bits per heavy atom. The monoisotopic (exact) mass is 407 g/mol. The van der Waals surface area contributed by atoms with Crippen molar-refractivity contribution in [2.45, 2.75) is 50.2 Å². The van der Waals surface area contributed by atoms with Gasteiger partial charge in [-0.2, -0.15) is 0 Å². The van der Waals surface area contributed by atoms with Gasteiger partial charge in [-0.3, -0.25) is 14.3 Å². The Morgan fingerprint density at radius 1 is 1.17 bits per heavy atom. The third-order valence-electron chi connectivity index (χ3n) is 5.22. The minimum atomic E-state index is -0.0397. The molecule has 0 bridgehead atoms. The zero-order chi connectivity index (χ0) is 20.2. The average molecular weight is 408 g/mol. The van der Waals surface area contributed by atoms with E-state index in [9.17, 15) is 4.79 Å². The van der Waals surface area contributed by atoms with Crippen LogP contribution in [0.4, 0.5) is 5.69 Å². The predicted molar refractivity (Wildman–Crippen MR) is 116 cm³/mol. The van der Waals surface area contributed by atoms with Gasteiger partial charge in [0.05, 0.1) is 5.75 Å². The fourth-order valence-electron chi connectivity index (χ4n) is 3.19. The molecule has 0 saturated heterocycles. The summed E-state index contributed by atoms with van der Waals surface area (Å²) in [5.41, 5.74) is 3.11. The predicted octanol–water partition coefficient (Wildman–Crippen LogP) is 4.92. The number of aromatic nitrogens is 4. The van der Waals surface area contributed by atoms with Gasteiger partial charge in [-0.15, -0.1) is 10.2 Å². The summed E-state index contributed by atoms with van der Waals surface area (Å²) in [5.74, 6) is 1.63. The van der Waals surface area contributed by atoms with E-state index < -0.39 is 0 Å². The second-order valence-corrected chi connectivity index (χ2v) is 8.35. The number of hydrogen-bond donors (Lipinski definition) is 1. The Balaban J connectivity index is 1.40. The first-order valence-corrected chi connectivity index (χ1v) is 11.0. The molecule has 150 valence electrons. The maximum Gasteiger partial charge on any atom is 0.234 e. The summed E-state index contributed by atoms with van der Waals surface area (Å²) in [6.45, 7) is 4.39. The van der Waals surface area contributed by atoms with Gasteiger partial charge in [0.15, 0.2) is 11.0 Å². The molecule has 1 fully saturated rings. The van der Waals surface area contributed by atoms with Crippen LogP contribution in [0.25, 0.3) is 11.4 Å². The summed E-state index contributed by atoms with van der Waals surface area (Å²) in [7, 11) is 0. The van der Waals surface area contributed by atoms with E-state index in [0.717, 1.165) is 41.5 Å². The van der Waals surface area contributed by atoms with Crippen LogP contribution in [0.3, 0.4) is 0 Å². The maximum atomic E-state index is 12.4. The van der Waals surface area contributed by atoms with Crippen LogP contribution >= 0.6 is 11.8 Å². The molecule has 2 heterocycles. The zero-order valence-electron chi connectivity index (χ0n) is 16.7. The normalized spacial score (nSPS) is 14.6. The van der Waals surface area contributed by atoms with Crippen molar-refractivity contribution in [3.8, 4) is 11.4 Å². The molecule has 0 unspecified atom stereocenters. The number of nitrogens with zero attached hydrogens (tertiary/aromatic N) is 4. The topological polar surface area (TPSA) is 72.7 Å². The molecule has 1 aromatic carbocycles. The van der Waals surface area contributed by atoms with E-state index in [1.807, 2.05) is 24.3 Å². The largest absolute Gasteiger partial charge is 0.325 e. The highest BCUT2D eigenvalue weighted by atomic mass is 32.2. The van der Waals surface area contributed by atoms with Gasteiger partial charge < -0.3 is 5.32 Å². The summed E-state index contributed by atoms with van der Waals surface area (Å²) in [5, 5.41) is 12.5. The second-order valence-electron chi connectivity index (χ2n) is 7.41. The number of hydrogen-bond acceptors (Lipinski definition) is 5. The van der Waals surface area contributed by atoms with Gasteiger partial charge in [-0.25, -0.2) is 0 Å². The van der Waals surface area contributed by atoms with Crippen LogP contribution in [-0.2, 0) is 4.79 Å². The van der Waals surface area contributed by atoms with Crippen LogP contribution in [0.2, 0.25) is 0 Å². The SMILES string of the molecule is CC[C@H](C)c1ccc(NC(=O)CSc2nnc(-c3ccncc3)n2C2CC2)cc1. The smallest absolute Gasteiger partial charge is 0.234 e. The van der Waals surface area contributed by atoms with Gasteiger partial charge in [0.2, 0.25) is 5.91 Å². The molecule has 1 amide bonds. The van der Waals surface area contributed by atoms with Crippen molar-refractivity contribution >= 4 is 23.4 Å². The average Bonchev–Trinajstić information content (AvgIpc) is 3.51. The summed E-state index contributed by atoms with van der Waals surface area (Å²) in [6.07, 6.45) is 6.87. The quantitative estimate of drug-likeness (QED) is 0.537. The van der Waals surface area contributed by atoms with Crippen LogP contribution in [0.15, 0.2) is 53.9 Å². The van der Waals surface area contributed by atoms with Crippen molar-refractivity contribution in [3.63, 3.8) is 0 Å². The highest BCUT2D eigenvalue weighted by Crippen LogP contribution is 2.40. The van der Waals surface area contributed by atoms with E-state index in [1.165, 1.54) is 17.3 Å². The molecular weight excluding hydrogens is 382 g/mol. The number of thioether (sulfide) groups is 1. The number of amides is 1. The fourth-order valence-corrected chi connectivity index (χ4v) is 4.00. The third kappa shape index (κ3) is 4.67. The van der Waals surface area contributed by atoms with E-state index in [-0.39, 0.29) is 5.91 Å². The molecule has 1 saturated carbocycles. The number of pyridine rings is 1. The maximum absolute atomic E-state index is 12.4. The van der Waals surface area contributed by atoms with Crippen LogP contribution in [0, 0.1) is 0 Å². The summed E-state index contributed by atoms with van der Waals surface area (Å²) < 4.78 is 2.16. The first kappa shape index (κ1) is 19.6. The van der Waals surface area contributed by atoms with E-state index in [2.05, 4.69) is 51.0 Å². The first-order chi connectivity index (χ1) is 14.2. The Kier molecular flexibility index (Phi) is 5.94. The number of anilines is 1. The third-order valence-corrected chi connectivity index (χ3v) is 6.17. The number of benzene rings is 1. The van der Waals surface area contributed by atoms with Crippen molar-refractivity contribution in [2.24, 2.45) is 0 Å². The minimum Gasteiger partial charge on any atom is -0.325 e. The molecule has 7 heteroatoms. The summed E-state index contributed by atoms with van der Waals surface area (Å²) in [6, 6.07) is 12.4. The second kappa shape index (κ2) is 8.78. The lowest BCUT2D eigenvalue weighted by Crippen LogP contribution is -2.14. The van der Waals surface area contributed by atoms with E-state index in [1.54, 1.807) is 12.4 Å². The highest BCUT2D eigenvalue weighted by molar-refractivity contribution is 7.99. The number of carbonyl (C=O) groups excluding carboxylic acids is 1. The lowest BCUT2D eigenvalue weighted by atomic mass is 9.99. The number of rotatable bonds is 8. The molecule has 29 heavy (non-hydrogen) atoms. The standard InChI is InChI=1S/C22H25N5OS/c1-3-15(2)16-4-6-18(7-5-16)24-20(28)14-29-22-26-25-21(27(22)19-8-9-19)17-10-12-23-13-11-17/h4-7,10-13,15,19H,3,8-9,14H2,1-2H3,(H,24,28)/t15-/m0/s1. The molecule has 2 aromatic heterocycles. The van der Waals surface area contributed by atoms with Crippen molar-refractivity contribution in [3.05, 3.63) is 54.4 Å². The van der Waals surface area contributed by atoms with Gasteiger partial charge in [-0.1, -0.05) is 37.7 Å². The number of nitrogens with one attached hydrogen (secondary N) is 1. The van der Waals surface area contributed by atoms with Crippen molar-refractivity contribution < 1.29 is 4.79 Å². The van der Waals surface area contributed by atoms with E-state index >= 15 is 0 Å². The Morgan fingerprint density at radius 2 is 1.90 bits per heavy atom. The Hall–Kier alpha value is -2.67. The van der Waals surface area contributed by atoms with Crippen LogP contribution in [0.1, 0.15) is 50.6 Å². The van der Waals surface area contributed by atoms with Crippen molar-refractivity contribution in [2.75, 3.05) is 11.1 Å². The Labute approximate surface area is 175 Å². The molecule has 0 radical (unpaired) electrons. The molecular formula is C22H25N5OS. The van der Waals surface area contributed by atoms with Crippen LogP contribution in [0.5, 0.6) is 0 Å². The van der Waals surface area contributed by atoms with Crippen molar-refractivity contribution in [1.82, 2.24) is 19.7 Å². The van der Waals surface area contributed by atoms with Gasteiger partial charge in [-0.05, 0) is 55.0 Å². The van der Waals surface area contributed by atoms with E-state index in [4.69, 9.17) is 0 Å². The zero-order valence-corrected chi connectivity index (χ0v) is 17.5. The summed E-state index contributed by atoms with van der Waals surface area (Å²) in [4.78, 5) is 16.5. The van der Waals surface area contributed by atoms with Crippen LogP contribution < -0.4 is 5.32 Å². The molecule has 6 nitrogen and oxygen atoms in total. The molecule has 1 atom stereocenters. The molecule has 1 aliphatic rings. The number of carbonyl (C=O) groups is 1. The molecule has 0 spiro atoms. The molecule has 3 aromatic rings. The van der Waals surface area contributed by atoms with Crippen molar-refractivity contribution in [1.29, 1.82) is 0 Å². The van der Waals surface area contributed by atoms with Crippen LogP contribution in [-0.4, -0.2) is 31.4 Å².